The van der Waals surface area contributed by atoms with Crippen LogP contribution in [0.3, 0.4) is 0 Å². The van der Waals surface area contributed by atoms with Crippen LogP contribution in [0.25, 0.3) is 40.4 Å². The molecule has 8 nitrogen and oxygen atoms in total. The van der Waals surface area contributed by atoms with Crippen LogP contribution in [0.2, 0.25) is 0 Å². The molecule has 0 radical (unpaired) electrons. The summed E-state index contributed by atoms with van der Waals surface area (Å²) in [6.07, 6.45) is 0. The van der Waals surface area contributed by atoms with Gasteiger partial charge in [0.1, 0.15) is 35.1 Å². The van der Waals surface area contributed by atoms with Crippen LogP contribution in [-0.4, -0.2) is 56.6 Å². The molecular formula is C36H36N4O4S3. The van der Waals surface area contributed by atoms with Crippen molar-refractivity contribution in [1.29, 1.82) is 10.5 Å². The summed E-state index contributed by atoms with van der Waals surface area (Å²) in [6, 6.07) is 16.5. The fraction of sp³-hybridized carbons (Fsp3) is 0.278. The third-order valence-electron chi connectivity index (χ3n) is 8.07. The van der Waals surface area contributed by atoms with E-state index in [1.54, 1.807) is 62.4 Å². The quantitative estimate of drug-likeness (QED) is 0.144. The van der Waals surface area contributed by atoms with Crippen LogP contribution < -0.4 is 28.7 Å². The van der Waals surface area contributed by atoms with Crippen LogP contribution in [0.5, 0.6) is 23.0 Å². The molecule has 0 amide bonds. The third-order valence-corrected chi connectivity index (χ3v) is 12.1. The van der Waals surface area contributed by atoms with E-state index in [-0.39, 0.29) is 0 Å². The maximum absolute atomic E-state index is 10.2. The summed E-state index contributed by atoms with van der Waals surface area (Å²) in [5.74, 6) is 2.55. The highest BCUT2D eigenvalue weighted by molar-refractivity contribution is 7.28. The molecule has 3 aromatic heterocycles. The van der Waals surface area contributed by atoms with E-state index >= 15 is 0 Å². The summed E-state index contributed by atoms with van der Waals surface area (Å²) in [6.45, 7) is 4.21. The van der Waals surface area contributed by atoms with E-state index < -0.39 is 0 Å². The molecule has 11 heteroatoms. The van der Waals surface area contributed by atoms with Gasteiger partial charge in [0.15, 0.2) is 0 Å². The molecule has 5 aromatic rings. The standard InChI is InChI=1S/C36H36N4O4S3/c1-19-20(2)34(30-12-22(18-38)36(46-30)32-27(43-9)15-24(40(5)6)16-28(32)44-10)47-33(19)29-11-21(17-37)35(45-29)31-25(41-7)13-23(39(3)4)14-26(31)42-8/h11-16H,1-10H3. The minimum atomic E-state index is 0.553. The zero-order valence-corrected chi connectivity index (χ0v) is 30.6. The predicted molar refractivity (Wildman–Crippen MR) is 196 cm³/mol. The molecule has 0 aliphatic heterocycles. The first kappa shape index (κ1) is 33.7. The number of ether oxygens (including phenoxy) is 4. The smallest absolute Gasteiger partial charge is 0.133 e. The van der Waals surface area contributed by atoms with Gasteiger partial charge in [0, 0.05) is 83.3 Å². The lowest BCUT2D eigenvalue weighted by atomic mass is 10.1. The fourth-order valence-corrected chi connectivity index (χ4v) is 9.33. The largest absolute Gasteiger partial charge is 0.496 e. The molecule has 0 fully saturated rings. The molecule has 2 aromatic carbocycles. The average molecular weight is 685 g/mol. The van der Waals surface area contributed by atoms with Gasteiger partial charge in [0.05, 0.1) is 60.4 Å². The first-order chi connectivity index (χ1) is 22.5. The lowest BCUT2D eigenvalue weighted by Crippen LogP contribution is -2.09. The number of nitrogens with zero attached hydrogens (tertiary/aromatic N) is 4. The molecule has 0 aliphatic rings. The van der Waals surface area contributed by atoms with Crippen molar-refractivity contribution < 1.29 is 18.9 Å². The van der Waals surface area contributed by atoms with Gasteiger partial charge in [-0.2, -0.15) is 10.5 Å². The Labute approximate surface area is 288 Å². The van der Waals surface area contributed by atoms with Gasteiger partial charge < -0.3 is 28.7 Å². The Morgan fingerprint density at radius 3 is 1.09 bits per heavy atom. The van der Waals surface area contributed by atoms with Gasteiger partial charge in [-0.05, 0) is 37.1 Å². The second-order valence-electron chi connectivity index (χ2n) is 11.2. The van der Waals surface area contributed by atoms with Crippen molar-refractivity contribution in [2.45, 2.75) is 13.8 Å². The minimum Gasteiger partial charge on any atom is -0.496 e. The Balaban J connectivity index is 1.65. The zero-order valence-electron chi connectivity index (χ0n) is 28.1. The second kappa shape index (κ2) is 13.6. The molecule has 0 saturated carbocycles. The van der Waals surface area contributed by atoms with E-state index in [9.17, 15) is 10.5 Å². The summed E-state index contributed by atoms with van der Waals surface area (Å²) >= 11 is 4.76. The summed E-state index contributed by atoms with van der Waals surface area (Å²) in [5, 5.41) is 20.5. The maximum Gasteiger partial charge on any atom is 0.133 e. The van der Waals surface area contributed by atoms with Gasteiger partial charge in [-0.1, -0.05) is 0 Å². The predicted octanol–water partition coefficient (Wildman–Crippen LogP) is 9.07. The molecule has 47 heavy (non-hydrogen) atoms. The van der Waals surface area contributed by atoms with Crippen molar-refractivity contribution in [2.24, 2.45) is 0 Å². The Morgan fingerprint density at radius 2 is 0.830 bits per heavy atom. The van der Waals surface area contributed by atoms with E-state index in [1.165, 1.54) is 0 Å². The molecule has 0 aliphatic carbocycles. The normalized spacial score (nSPS) is 10.7. The van der Waals surface area contributed by atoms with Crippen LogP contribution >= 0.6 is 34.0 Å². The molecule has 3 heterocycles. The Morgan fingerprint density at radius 1 is 0.511 bits per heavy atom. The zero-order chi connectivity index (χ0) is 34.2. The van der Waals surface area contributed by atoms with Crippen LogP contribution in [0.15, 0.2) is 36.4 Å². The highest BCUT2D eigenvalue weighted by Crippen LogP contribution is 2.53. The molecule has 5 rings (SSSR count). The van der Waals surface area contributed by atoms with E-state index in [4.69, 9.17) is 18.9 Å². The van der Waals surface area contributed by atoms with E-state index in [1.807, 2.05) is 74.4 Å². The van der Waals surface area contributed by atoms with Gasteiger partial charge in [-0.25, -0.2) is 0 Å². The number of rotatable bonds is 10. The highest BCUT2D eigenvalue weighted by Gasteiger charge is 2.26. The molecule has 0 spiro atoms. The first-order valence-electron chi connectivity index (χ1n) is 14.6. The van der Waals surface area contributed by atoms with Crippen LogP contribution in [0, 0.1) is 36.5 Å². The highest BCUT2D eigenvalue weighted by atomic mass is 32.1. The Hall–Kier alpha value is -4.68. The number of anilines is 2. The summed E-state index contributed by atoms with van der Waals surface area (Å²) in [5.41, 5.74) is 6.74. The fourth-order valence-electron chi connectivity index (χ4n) is 5.37. The van der Waals surface area contributed by atoms with Crippen LogP contribution in [0.4, 0.5) is 11.4 Å². The van der Waals surface area contributed by atoms with Crippen LogP contribution in [0.1, 0.15) is 22.3 Å². The average Bonchev–Trinajstić information content (AvgIpc) is 3.78. The van der Waals surface area contributed by atoms with Gasteiger partial charge in [-0.3, -0.25) is 0 Å². The van der Waals surface area contributed by atoms with Crippen LogP contribution in [-0.2, 0) is 0 Å². The lowest BCUT2D eigenvalue weighted by molar-refractivity contribution is 0.397. The van der Waals surface area contributed by atoms with E-state index in [0.717, 1.165) is 62.9 Å². The molecular weight excluding hydrogens is 649 g/mol. The number of methoxy groups -OCH3 is 4. The van der Waals surface area contributed by atoms with E-state index in [0.29, 0.717) is 34.1 Å². The van der Waals surface area contributed by atoms with Gasteiger partial charge in [-0.15, -0.1) is 34.0 Å². The maximum atomic E-state index is 10.2. The van der Waals surface area contributed by atoms with Crippen molar-refractivity contribution in [3.8, 4) is 75.5 Å². The van der Waals surface area contributed by atoms with E-state index in [2.05, 4.69) is 26.0 Å². The van der Waals surface area contributed by atoms with Gasteiger partial charge in [0.25, 0.3) is 0 Å². The summed E-state index contributed by atoms with van der Waals surface area (Å²) < 4.78 is 23.2. The summed E-state index contributed by atoms with van der Waals surface area (Å²) in [7, 11) is 14.4. The Kier molecular flexibility index (Phi) is 9.73. The number of hydrogen-bond donors (Lipinski definition) is 0. The lowest BCUT2D eigenvalue weighted by Gasteiger charge is -2.19. The number of nitriles is 2. The van der Waals surface area contributed by atoms with Crippen molar-refractivity contribution in [3.63, 3.8) is 0 Å². The molecule has 0 atom stereocenters. The number of thiophene rings is 3. The topological polar surface area (TPSA) is 91.0 Å². The molecule has 242 valence electrons. The SMILES string of the molecule is COc1cc(N(C)C)cc(OC)c1-c1sc(-c2sc(-c3cc(C#N)c(-c4c(OC)cc(N(C)C)cc4OC)s3)c(C)c2C)cc1C#N. The molecule has 0 N–H and O–H groups in total. The third kappa shape index (κ3) is 5.98. The van der Waals surface area contributed by atoms with Crippen molar-refractivity contribution >= 4 is 45.4 Å². The van der Waals surface area contributed by atoms with Crippen molar-refractivity contribution in [3.05, 3.63) is 58.7 Å². The minimum absolute atomic E-state index is 0.553. The molecule has 0 unspecified atom stereocenters. The van der Waals surface area contributed by atoms with Gasteiger partial charge >= 0.3 is 0 Å². The number of benzene rings is 2. The van der Waals surface area contributed by atoms with Gasteiger partial charge in [0.2, 0.25) is 0 Å². The second-order valence-corrected chi connectivity index (χ2v) is 14.3. The molecule has 0 saturated heterocycles. The Bertz CT molecular complexity index is 1860. The van der Waals surface area contributed by atoms with Crippen molar-refractivity contribution in [1.82, 2.24) is 0 Å². The summed E-state index contributed by atoms with van der Waals surface area (Å²) in [4.78, 5) is 9.66. The molecule has 0 bridgehead atoms. The van der Waals surface area contributed by atoms with Crippen molar-refractivity contribution in [2.75, 3.05) is 66.4 Å². The number of hydrogen-bond acceptors (Lipinski definition) is 11. The first-order valence-corrected chi connectivity index (χ1v) is 17.0. The monoisotopic (exact) mass is 684 g/mol.